The molecule has 15 heteroatoms. The molecule has 264 valence electrons. The number of ether oxygens (including phenoxy) is 2. The number of hydrogen-bond acceptors (Lipinski definition) is 11. The summed E-state index contributed by atoms with van der Waals surface area (Å²) in [6.07, 6.45) is 6.15. The molecule has 52 heavy (non-hydrogen) atoms. The standard InChI is InChI=1S/C37H33FN8O6/c1-51-32-18-27-28(19-29(32)43-33(48)30-20-40-36(45-44-30)46-16-11-22(21-47)12-17-46)39-15-10-31(27)52-26-8-6-25(7-9-26)42-35(50)37(13-14-37)34(49)41-24-4-2-23(38)3-5-24/h2-10,15,18-22H,11-14,16-17H2,1H3,(H,41,49)(H,42,50)(H,43,48). The Labute approximate surface area is 296 Å². The third-order valence-electron chi connectivity index (χ3n) is 9.13. The molecular weight excluding hydrogens is 671 g/mol. The number of amides is 3. The van der Waals surface area contributed by atoms with Gasteiger partial charge in [0.25, 0.3) is 5.91 Å². The molecule has 0 spiro atoms. The van der Waals surface area contributed by atoms with Crippen molar-refractivity contribution in [2.24, 2.45) is 11.3 Å². The van der Waals surface area contributed by atoms with Gasteiger partial charge in [0, 0.05) is 42.0 Å². The lowest BCUT2D eigenvalue weighted by Gasteiger charge is -2.29. The van der Waals surface area contributed by atoms with Gasteiger partial charge in [-0.3, -0.25) is 19.4 Å². The lowest BCUT2D eigenvalue weighted by atomic mass is 9.99. The molecule has 2 aromatic heterocycles. The van der Waals surface area contributed by atoms with Crippen LogP contribution in [0.2, 0.25) is 0 Å². The average Bonchev–Trinajstić information content (AvgIpc) is 3.99. The third-order valence-corrected chi connectivity index (χ3v) is 9.13. The third kappa shape index (κ3) is 7.19. The number of piperidine rings is 1. The number of aldehydes is 1. The summed E-state index contributed by atoms with van der Waals surface area (Å²) in [7, 11) is 1.48. The molecule has 0 atom stereocenters. The maximum absolute atomic E-state index is 13.2. The quantitative estimate of drug-likeness (QED) is 0.119. The van der Waals surface area contributed by atoms with Gasteiger partial charge in [-0.15, -0.1) is 10.2 Å². The van der Waals surface area contributed by atoms with Crippen molar-refractivity contribution in [1.29, 1.82) is 0 Å². The van der Waals surface area contributed by atoms with Gasteiger partial charge in [0.15, 0.2) is 5.69 Å². The molecule has 1 aliphatic heterocycles. The molecule has 1 saturated heterocycles. The number of fused-ring (bicyclic) bond motifs is 1. The van der Waals surface area contributed by atoms with Crippen LogP contribution in [0, 0.1) is 17.2 Å². The SMILES string of the molecule is COc1cc2c(Oc3ccc(NC(=O)C4(C(=O)Nc5ccc(F)cc5)CC4)cc3)ccnc2cc1NC(=O)c1cnc(N2CCC(C=O)CC2)nn1. The minimum absolute atomic E-state index is 0.0129. The number of anilines is 4. The largest absolute Gasteiger partial charge is 0.495 e. The highest BCUT2D eigenvalue weighted by Gasteiger charge is 2.56. The van der Waals surface area contributed by atoms with E-state index in [2.05, 4.69) is 36.1 Å². The summed E-state index contributed by atoms with van der Waals surface area (Å²) in [6, 6.07) is 17.1. The lowest BCUT2D eigenvalue weighted by Crippen LogP contribution is -2.35. The highest BCUT2D eigenvalue weighted by Crippen LogP contribution is 2.47. The van der Waals surface area contributed by atoms with E-state index in [0.29, 0.717) is 77.1 Å². The van der Waals surface area contributed by atoms with Crippen molar-refractivity contribution in [3.8, 4) is 17.2 Å². The predicted octanol–water partition coefficient (Wildman–Crippen LogP) is 5.38. The van der Waals surface area contributed by atoms with E-state index in [1.54, 1.807) is 48.7 Å². The van der Waals surface area contributed by atoms with Crippen LogP contribution in [0.5, 0.6) is 17.2 Å². The Balaban J connectivity index is 0.997. The zero-order valence-electron chi connectivity index (χ0n) is 28.0. The molecule has 2 fully saturated rings. The van der Waals surface area contributed by atoms with Crippen LogP contribution in [0.15, 0.2) is 79.1 Å². The second-order valence-electron chi connectivity index (χ2n) is 12.6. The Morgan fingerprint density at radius 2 is 1.54 bits per heavy atom. The van der Waals surface area contributed by atoms with Crippen LogP contribution in [0.1, 0.15) is 36.2 Å². The smallest absolute Gasteiger partial charge is 0.277 e. The van der Waals surface area contributed by atoms with E-state index in [1.165, 1.54) is 37.6 Å². The molecule has 0 bridgehead atoms. The monoisotopic (exact) mass is 704 g/mol. The molecule has 1 saturated carbocycles. The molecular formula is C37H33FN8O6. The van der Waals surface area contributed by atoms with Crippen molar-refractivity contribution in [2.75, 3.05) is 41.0 Å². The van der Waals surface area contributed by atoms with Crippen LogP contribution in [-0.2, 0) is 14.4 Å². The molecule has 1 aliphatic carbocycles. The van der Waals surface area contributed by atoms with E-state index in [0.717, 1.165) is 19.1 Å². The van der Waals surface area contributed by atoms with Crippen LogP contribution in [0.25, 0.3) is 10.9 Å². The normalized spacial score (nSPS) is 15.0. The minimum atomic E-state index is -1.19. The number of benzene rings is 3. The maximum Gasteiger partial charge on any atom is 0.277 e. The Morgan fingerprint density at radius 1 is 0.865 bits per heavy atom. The number of nitrogens with one attached hydrogen (secondary N) is 3. The van der Waals surface area contributed by atoms with Crippen LogP contribution in [-0.4, -0.2) is 64.4 Å². The number of halogens is 1. The van der Waals surface area contributed by atoms with E-state index in [9.17, 15) is 23.6 Å². The van der Waals surface area contributed by atoms with Crippen molar-refractivity contribution >= 4 is 57.9 Å². The highest BCUT2D eigenvalue weighted by molar-refractivity contribution is 6.17. The van der Waals surface area contributed by atoms with Gasteiger partial charge in [0.2, 0.25) is 17.8 Å². The summed E-state index contributed by atoms with van der Waals surface area (Å²) in [5.74, 6) is -0.0996. The van der Waals surface area contributed by atoms with Gasteiger partial charge in [-0.25, -0.2) is 9.37 Å². The molecule has 3 amide bonds. The molecule has 7 rings (SSSR count). The van der Waals surface area contributed by atoms with Crippen molar-refractivity contribution in [1.82, 2.24) is 20.2 Å². The van der Waals surface area contributed by atoms with E-state index in [4.69, 9.17) is 9.47 Å². The summed E-state index contributed by atoms with van der Waals surface area (Å²) >= 11 is 0. The predicted molar refractivity (Wildman–Crippen MR) is 189 cm³/mol. The Kier molecular flexibility index (Phi) is 9.39. The van der Waals surface area contributed by atoms with Crippen molar-refractivity contribution in [3.05, 3.63) is 90.6 Å². The first kappa shape index (κ1) is 34.0. The number of aromatic nitrogens is 4. The Bertz CT molecular complexity index is 2140. The fourth-order valence-electron chi connectivity index (χ4n) is 5.89. The number of pyridine rings is 1. The first-order chi connectivity index (χ1) is 25.2. The van der Waals surface area contributed by atoms with Crippen LogP contribution in [0.3, 0.4) is 0 Å². The number of rotatable bonds is 11. The molecule has 0 radical (unpaired) electrons. The molecule has 14 nitrogen and oxygen atoms in total. The summed E-state index contributed by atoms with van der Waals surface area (Å²) in [4.78, 5) is 60.8. The van der Waals surface area contributed by atoms with Gasteiger partial charge in [-0.2, -0.15) is 0 Å². The van der Waals surface area contributed by atoms with Crippen molar-refractivity contribution < 1.29 is 33.0 Å². The molecule has 3 heterocycles. The Hall–Kier alpha value is -6.51. The van der Waals surface area contributed by atoms with Crippen LogP contribution in [0.4, 0.5) is 27.4 Å². The number of methoxy groups -OCH3 is 1. The van der Waals surface area contributed by atoms with E-state index < -0.39 is 29.0 Å². The number of carbonyl (C=O) groups is 4. The topological polar surface area (TPSA) is 178 Å². The number of carbonyl (C=O) groups excluding carboxylic acids is 4. The van der Waals surface area contributed by atoms with Crippen molar-refractivity contribution in [3.63, 3.8) is 0 Å². The van der Waals surface area contributed by atoms with E-state index in [-0.39, 0.29) is 11.6 Å². The van der Waals surface area contributed by atoms with Crippen molar-refractivity contribution in [2.45, 2.75) is 25.7 Å². The van der Waals surface area contributed by atoms with Gasteiger partial charge in [-0.05, 0) is 92.4 Å². The fraction of sp³-hybridized carbons (Fsp3) is 0.243. The zero-order valence-corrected chi connectivity index (χ0v) is 28.0. The van der Waals surface area contributed by atoms with Gasteiger partial charge >= 0.3 is 0 Å². The average molecular weight is 705 g/mol. The highest BCUT2D eigenvalue weighted by atomic mass is 19.1. The minimum Gasteiger partial charge on any atom is -0.495 e. The first-order valence-corrected chi connectivity index (χ1v) is 16.6. The van der Waals surface area contributed by atoms with Crippen LogP contribution < -0.4 is 30.3 Å². The molecule has 2 aliphatic rings. The van der Waals surface area contributed by atoms with Crippen LogP contribution >= 0.6 is 0 Å². The first-order valence-electron chi connectivity index (χ1n) is 16.6. The second kappa shape index (κ2) is 14.4. The lowest BCUT2D eigenvalue weighted by molar-refractivity contribution is -0.131. The molecule has 3 aromatic carbocycles. The Morgan fingerprint density at radius 3 is 2.13 bits per heavy atom. The molecule has 0 unspecified atom stereocenters. The van der Waals surface area contributed by atoms with Gasteiger partial charge in [0.05, 0.1) is 24.5 Å². The van der Waals surface area contributed by atoms with E-state index in [1.807, 2.05) is 4.90 Å². The van der Waals surface area contributed by atoms with Gasteiger partial charge < -0.3 is 35.1 Å². The summed E-state index contributed by atoms with van der Waals surface area (Å²) in [5, 5.41) is 17.1. The summed E-state index contributed by atoms with van der Waals surface area (Å²) in [6.45, 7) is 1.27. The summed E-state index contributed by atoms with van der Waals surface area (Å²) in [5.41, 5.74) is 0.582. The van der Waals surface area contributed by atoms with Gasteiger partial charge in [0.1, 0.15) is 34.8 Å². The maximum atomic E-state index is 13.2. The molecule has 5 aromatic rings. The second-order valence-corrected chi connectivity index (χ2v) is 12.6. The molecule has 3 N–H and O–H groups in total. The van der Waals surface area contributed by atoms with E-state index >= 15 is 0 Å². The number of hydrogen-bond donors (Lipinski definition) is 3. The number of nitrogens with zero attached hydrogens (tertiary/aromatic N) is 5. The summed E-state index contributed by atoms with van der Waals surface area (Å²) < 4.78 is 25.0. The van der Waals surface area contributed by atoms with Gasteiger partial charge in [-0.1, -0.05) is 0 Å². The fourth-order valence-corrected chi connectivity index (χ4v) is 5.89. The zero-order chi connectivity index (χ0) is 36.2.